The molecule has 3 heterocycles. The van der Waals surface area contributed by atoms with Crippen molar-refractivity contribution in [3.05, 3.63) is 30.1 Å². The first-order valence-electron chi connectivity index (χ1n) is 11.5. The van der Waals surface area contributed by atoms with Crippen LogP contribution in [0.15, 0.2) is 24.3 Å². The maximum atomic E-state index is 12.0. The summed E-state index contributed by atoms with van der Waals surface area (Å²) in [6.45, 7) is 6.40. The number of hydrogen-bond donors (Lipinski definition) is 3. The predicted molar refractivity (Wildman–Crippen MR) is 126 cm³/mol. The molecule has 0 bridgehead atoms. The van der Waals surface area contributed by atoms with Crippen molar-refractivity contribution in [3.63, 3.8) is 0 Å². The lowest BCUT2D eigenvalue weighted by molar-refractivity contribution is 0.0468. The van der Waals surface area contributed by atoms with E-state index < -0.39 is 0 Å². The fourth-order valence-corrected chi connectivity index (χ4v) is 4.54. The Balaban J connectivity index is 1.55. The van der Waals surface area contributed by atoms with Gasteiger partial charge in [-0.15, -0.1) is 0 Å². The molecule has 1 aliphatic heterocycles. The number of carbonyl (C=O) groups excluding carboxylic acids is 1. The summed E-state index contributed by atoms with van der Waals surface area (Å²) in [5.74, 6) is 1.40. The first-order chi connectivity index (χ1) is 15.6. The number of anilines is 1. The quantitative estimate of drug-likeness (QED) is 0.440. The highest BCUT2D eigenvalue weighted by Crippen LogP contribution is 2.29. The first kappa shape index (κ1) is 22.3. The predicted octanol–water partition coefficient (Wildman–Crippen LogP) is 2.62. The summed E-state index contributed by atoms with van der Waals surface area (Å²) in [5.41, 5.74) is 14.6. The Morgan fingerprint density at radius 3 is 2.78 bits per heavy atom. The lowest BCUT2D eigenvalue weighted by atomic mass is 10.1. The molecule has 2 aromatic heterocycles. The number of urea groups is 1. The number of ether oxygens (including phenoxy) is 1. The molecule has 9 heteroatoms. The van der Waals surface area contributed by atoms with Crippen molar-refractivity contribution < 1.29 is 9.53 Å². The van der Waals surface area contributed by atoms with Gasteiger partial charge in [0.1, 0.15) is 11.3 Å². The minimum atomic E-state index is -0.345. The van der Waals surface area contributed by atoms with E-state index in [1.807, 2.05) is 23.1 Å². The van der Waals surface area contributed by atoms with E-state index in [4.69, 9.17) is 21.2 Å². The molecule has 32 heavy (non-hydrogen) atoms. The van der Waals surface area contributed by atoms with Gasteiger partial charge in [-0.1, -0.05) is 25.1 Å². The summed E-state index contributed by atoms with van der Waals surface area (Å²) < 4.78 is 7.68. The summed E-state index contributed by atoms with van der Waals surface area (Å²) in [6, 6.07) is 7.86. The van der Waals surface area contributed by atoms with Gasteiger partial charge in [-0.25, -0.2) is 14.8 Å². The number of nitrogens with one attached hydrogen (secondary N) is 1. The molecule has 0 radical (unpaired) electrons. The van der Waals surface area contributed by atoms with E-state index in [0.29, 0.717) is 32.1 Å². The summed E-state index contributed by atoms with van der Waals surface area (Å²) in [6.07, 6.45) is 3.45. The summed E-state index contributed by atoms with van der Waals surface area (Å²) in [5, 5.41) is 4.42. The van der Waals surface area contributed by atoms with Gasteiger partial charge < -0.3 is 31.0 Å². The average Bonchev–Trinajstić information content (AvgIpc) is 3.17. The van der Waals surface area contributed by atoms with Crippen LogP contribution in [-0.2, 0) is 17.8 Å². The number of unbranched alkanes of at least 4 members (excludes halogenated alkanes) is 1. The van der Waals surface area contributed by atoms with Gasteiger partial charge in [0.05, 0.1) is 17.6 Å². The fraction of sp³-hybridized carbons (Fsp3) is 0.522. The molecular formula is C23H33N7O2. The molecule has 0 aliphatic carbocycles. The van der Waals surface area contributed by atoms with Crippen molar-refractivity contribution in [1.29, 1.82) is 0 Å². The summed E-state index contributed by atoms with van der Waals surface area (Å²) >= 11 is 0. The molecule has 3 aromatic rings. The van der Waals surface area contributed by atoms with Crippen LogP contribution >= 0.6 is 0 Å². The fourth-order valence-electron chi connectivity index (χ4n) is 4.54. The molecule has 172 valence electrons. The van der Waals surface area contributed by atoms with E-state index in [1.54, 1.807) is 0 Å². The number of carbonyl (C=O) groups is 1. The third kappa shape index (κ3) is 4.63. The second-order valence-electron chi connectivity index (χ2n) is 8.25. The van der Waals surface area contributed by atoms with Crippen molar-refractivity contribution in [2.75, 3.05) is 32.0 Å². The van der Waals surface area contributed by atoms with E-state index in [1.165, 1.54) is 0 Å². The summed E-state index contributed by atoms with van der Waals surface area (Å²) in [4.78, 5) is 23.2. The van der Waals surface area contributed by atoms with Gasteiger partial charge in [0.2, 0.25) is 0 Å². The Hall–Kier alpha value is -2.91. The number of imidazole rings is 1. The Morgan fingerprint density at radius 1 is 1.25 bits per heavy atom. The van der Waals surface area contributed by atoms with Crippen molar-refractivity contribution >= 4 is 33.8 Å². The number of amides is 2. The molecule has 0 atom stereocenters. The van der Waals surface area contributed by atoms with Gasteiger partial charge in [0.15, 0.2) is 5.82 Å². The largest absolute Gasteiger partial charge is 0.382 e. The third-order valence-corrected chi connectivity index (χ3v) is 6.17. The molecule has 0 spiro atoms. The molecule has 1 saturated heterocycles. The van der Waals surface area contributed by atoms with Gasteiger partial charge in [-0.2, -0.15) is 0 Å². The van der Waals surface area contributed by atoms with Crippen LogP contribution in [0.2, 0.25) is 0 Å². The zero-order chi connectivity index (χ0) is 22.5. The van der Waals surface area contributed by atoms with Crippen LogP contribution < -0.4 is 16.8 Å². The standard InChI is InChI=1S/C23H33N7O2/c1-2-26-15-19-28-20-21(17-7-3-4-8-18(17)27-22(20)24)30(19)12-6-5-11-29(23(25)31)16-9-13-32-14-10-16/h3-4,7-8,16,26H,2,5-6,9-15H2,1H3,(H2,24,27)(H2,25,31). The van der Waals surface area contributed by atoms with Crippen LogP contribution in [-0.4, -0.2) is 57.8 Å². The molecule has 1 aliphatic rings. The zero-order valence-electron chi connectivity index (χ0n) is 18.7. The summed E-state index contributed by atoms with van der Waals surface area (Å²) in [7, 11) is 0. The number of aryl methyl sites for hydroxylation is 1. The smallest absolute Gasteiger partial charge is 0.315 e. The van der Waals surface area contributed by atoms with Crippen molar-refractivity contribution in [2.24, 2.45) is 5.73 Å². The number of nitrogens with zero attached hydrogens (tertiary/aromatic N) is 4. The second kappa shape index (κ2) is 10.1. The van der Waals surface area contributed by atoms with E-state index in [9.17, 15) is 4.79 Å². The van der Waals surface area contributed by atoms with Crippen LogP contribution in [0, 0.1) is 0 Å². The van der Waals surface area contributed by atoms with Gasteiger partial charge in [-0.3, -0.25) is 0 Å². The number of primary amides is 1. The number of hydrogen-bond acceptors (Lipinski definition) is 6. The van der Waals surface area contributed by atoms with Crippen LogP contribution in [0.5, 0.6) is 0 Å². The van der Waals surface area contributed by atoms with Gasteiger partial charge in [0, 0.05) is 37.7 Å². The van der Waals surface area contributed by atoms with Gasteiger partial charge in [0.25, 0.3) is 0 Å². The molecular weight excluding hydrogens is 406 g/mol. The number of rotatable bonds is 9. The normalized spacial score (nSPS) is 14.9. The molecule has 2 amide bonds. The van der Waals surface area contributed by atoms with E-state index >= 15 is 0 Å². The Labute approximate surface area is 188 Å². The highest BCUT2D eigenvalue weighted by atomic mass is 16.5. The van der Waals surface area contributed by atoms with Crippen LogP contribution in [0.3, 0.4) is 0 Å². The maximum absolute atomic E-state index is 12.0. The minimum Gasteiger partial charge on any atom is -0.382 e. The van der Waals surface area contributed by atoms with Gasteiger partial charge >= 0.3 is 6.03 Å². The Morgan fingerprint density at radius 2 is 2.03 bits per heavy atom. The lowest BCUT2D eigenvalue weighted by Crippen LogP contribution is -2.46. The number of pyridine rings is 1. The third-order valence-electron chi connectivity index (χ3n) is 6.17. The Kier molecular flexibility index (Phi) is 7.06. The van der Waals surface area contributed by atoms with Crippen molar-refractivity contribution in [2.45, 2.75) is 51.7 Å². The maximum Gasteiger partial charge on any atom is 0.315 e. The highest BCUT2D eigenvalue weighted by Gasteiger charge is 2.24. The van der Waals surface area contributed by atoms with E-state index in [0.717, 1.165) is 66.5 Å². The SMILES string of the molecule is CCNCc1nc2c(N)nc3ccccc3c2n1CCCCN(C(N)=O)C1CCOCC1. The Bertz CT molecular complexity index is 1080. The monoisotopic (exact) mass is 439 g/mol. The molecule has 5 N–H and O–H groups in total. The van der Waals surface area contributed by atoms with Crippen molar-refractivity contribution in [1.82, 2.24) is 24.8 Å². The second-order valence-corrected chi connectivity index (χ2v) is 8.25. The molecule has 0 saturated carbocycles. The molecule has 0 unspecified atom stereocenters. The molecule has 9 nitrogen and oxygen atoms in total. The van der Waals surface area contributed by atoms with Gasteiger partial charge in [-0.05, 0) is 38.3 Å². The average molecular weight is 440 g/mol. The topological polar surface area (TPSA) is 124 Å². The van der Waals surface area contributed by atoms with Crippen LogP contribution in [0.1, 0.15) is 38.4 Å². The molecule has 4 rings (SSSR count). The molecule has 1 aromatic carbocycles. The highest BCUT2D eigenvalue weighted by molar-refractivity contribution is 6.06. The number of nitrogen functional groups attached to an aromatic ring is 1. The lowest BCUT2D eigenvalue weighted by Gasteiger charge is -2.33. The number of fused-ring (bicyclic) bond motifs is 3. The van der Waals surface area contributed by atoms with Crippen LogP contribution in [0.25, 0.3) is 21.9 Å². The van der Waals surface area contributed by atoms with E-state index in [2.05, 4.69) is 27.9 Å². The number of para-hydroxylation sites is 1. The first-order valence-corrected chi connectivity index (χ1v) is 11.5. The van der Waals surface area contributed by atoms with E-state index in [-0.39, 0.29) is 12.1 Å². The molecule has 1 fully saturated rings. The number of nitrogens with two attached hydrogens (primary N) is 2. The number of benzene rings is 1. The zero-order valence-corrected chi connectivity index (χ0v) is 18.7. The minimum absolute atomic E-state index is 0.175. The van der Waals surface area contributed by atoms with Crippen LogP contribution in [0.4, 0.5) is 10.6 Å². The van der Waals surface area contributed by atoms with Crippen molar-refractivity contribution in [3.8, 4) is 0 Å². The number of aromatic nitrogens is 3.